The van der Waals surface area contributed by atoms with E-state index in [2.05, 4.69) is 0 Å². The van der Waals surface area contributed by atoms with Crippen LogP contribution in [0.3, 0.4) is 0 Å². The van der Waals surface area contributed by atoms with E-state index in [0.717, 1.165) is 0 Å². The van der Waals surface area contributed by atoms with Gasteiger partial charge in [-0.2, -0.15) is 0 Å². The number of rotatable bonds is 0. The van der Waals surface area contributed by atoms with E-state index in [-0.39, 0.29) is 86.2 Å². The van der Waals surface area contributed by atoms with Gasteiger partial charge in [0.15, 0.2) is 0 Å². The van der Waals surface area contributed by atoms with E-state index in [1.165, 1.54) is 0 Å². The molecule has 0 aliphatic carbocycles. The van der Waals surface area contributed by atoms with Crippen LogP contribution in [0.25, 0.3) is 0 Å². The first-order valence-corrected chi connectivity index (χ1v) is 0. The van der Waals surface area contributed by atoms with Crippen LogP contribution >= 0.6 is 0 Å². The summed E-state index contributed by atoms with van der Waals surface area (Å²) in [6.45, 7) is 0. The van der Waals surface area contributed by atoms with Gasteiger partial charge < -0.3 is 2.85 Å². The molecule has 1 radical (unpaired) electrons. The third-order valence-electron chi connectivity index (χ3n) is 0. The predicted octanol–water partition coefficient (Wildman–Crippen LogP) is -0.163. The number of hydrogen-bond acceptors (Lipinski definition) is 0. The van der Waals surface area contributed by atoms with Crippen LogP contribution < -0.4 is 0 Å². The van der Waals surface area contributed by atoms with Crippen molar-refractivity contribution in [1.82, 2.24) is 0 Å². The van der Waals surface area contributed by atoms with Crippen molar-refractivity contribution in [3.63, 3.8) is 0 Å². The molecule has 0 atom stereocenters. The zero-order chi connectivity index (χ0) is 0. The fourth-order valence-corrected chi connectivity index (χ4v) is 0. The molecule has 0 aliphatic heterocycles. The molecule has 0 heterocycles. The predicted molar refractivity (Wildman–Crippen MR) is 7.98 cm³/mol. The van der Waals surface area contributed by atoms with Crippen molar-refractivity contribution in [2.75, 3.05) is 0 Å². The molecule has 0 aromatic heterocycles. The van der Waals surface area contributed by atoms with E-state index in [0.29, 0.717) is 0 Å². The third-order valence-corrected chi connectivity index (χ3v) is 0. The van der Waals surface area contributed by atoms with Crippen LogP contribution in [0.1, 0.15) is 2.85 Å². The molecule has 0 amide bonds. The van der Waals surface area contributed by atoms with Crippen LogP contribution in [0.2, 0.25) is 0 Å². The molecule has 0 rings (SSSR count). The van der Waals surface area contributed by atoms with Gasteiger partial charge in [0, 0.05) is 60.3 Å². The molecule has 0 aromatic rings. The zero-order valence-corrected chi connectivity index (χ0v) is 8.10. The standard InChI is InChI=1S/Fe.Mg.Mn.Zr.2H/q;+2;;;2*-1. The van der Waals surface area contributed by atoms with Crippen molar-refractivity contribution in [1.29, 1.82) is 0 Å². The largest absolute Gasteiger partial charge is 2.00 e. The van der Waals surface area contributed by atoms with Gasteiger partial charge in [-0.25, -0.2) is 0 Å². The molecule has 0 N–H and O–H groups in total. The van der Waals surface area contributed by atoms with Gasteiger partial charge in [0.25, 0.3) is 0 Å². The zero-order valence-electron chi connectivity index (χ0n) is 3.94. The van der Waals surface area contributed by atoms with Gasteiger partial charge >= 0.3 is 23.1 Å². The summed E-state index contributed by atoms with van der Waals surface area (Å²) in [5.41, 5.74) is 0. The first kappa shape index (κ1) is 29.9. The molecule has 0 saturated carbocycles. The van der Waals surface area contributed by atoms with Crippen LogP contribution in [0.15, 0.2) is 0 Å². The summed E-state index contributed by atoms with van der Waals surface area (Å²) in [6, 6.07) is 0. The monoisotopic (exact) mass is 227 g/mol. The minimum absolute atomic E-state index is 0. The van der Waals surface area contributed by atoms with Crippen LogP contribution in [-0.2, 0) is 60.3 Å². The summed E-state index contributed by atoms with van der Waals surface area (Å²) < 4.78 is 0. The molecular formula is H2FeMgMnZr. The van der Waals surface area contributed by atoms with Crippen molar-refractivity contribution in [2.24, 2.45) is 0 Å². The van der Waals surface area contributed by atoms with E-state index in [1.54, 1.807) is 0 Å². The summed E-state index contributed by atoms with van der Waals surface area (Å²) in [5.74, 6) is 0. The van der Waals surface area contributed by atoms with Crippen LogP contribution in [0, 0.1) is 0 Å². The summed E-state index contributed by atoms with van der Waals surface area (Å²) in [6.07, 6.45) is 0. The van der Waals surface area contributed by atoms with Crippen LogP contribution in [0.4, 0.5) is 0 Å². The Morgan fingerprint density at radius 1 is 1.25 bits per heavy atom. The van der Waals surface area contributed by atoms with Gasteiger partial charge in [-0.15, -0.1) is 0 Å². The van der Waals surface area contributed by atoms with E-state index in [1.807, 2.05) is 0 Å². The van der Waals surface area contributed by atoms with Crippen molar-refractivity contribution < 1.29 is 63.2 Å². The van der Waals surface area contributed by atoms with Crippen LogP contribution in [-0.4, -0.2) is 23.1 Å². The van der Waals surface area contributed by atoms with Crippen LogP contribution in [0.5, 0.6) is 0 Å². The Kier molecular flexibility index (Phi) is 130. The van der Waals surface area contributed by atoms with E-state index < -0.39 is 0 Å². The average Bonchev–Trinajstić information content (AvgIpc) is 0. The van der Waals surface area contributed by atoms with Gasteiger partial charge in [0.2, 0.25) is 0 Å². The molecule has 23 valence electrons. The second kappa shape index (κ2) is 17.3. The minimum atomic E-state index is 0. The fourth-order valence-electron chi connectivity index (χ4n) is 0. The fraction of sp³-hybridized carbons (Fsp3) is 0. The summed E-state index contributed by atoms with van der Waals surface area (Å²) in [4.78, 5) is 0. The second-order valence-electron chi connectivity index (χ2n) is 0. The van der Waals surface area contributed by atoms with E-state index in [9.17, 15) is 0 Å². The van der Waals surface area contributed by atoms with Gasteiger partial charge in [-0.1, -0.05) is 0 Å². The Morgan fingerprint density at radius 3 is 1.25 bits per heavy atom. The maximum atomic E-state index is 0. The Balaban J connectivity index is 0. The SMILES string of the molecule is [Fe].[H-].[H-].[Mg+2].[Mn].[Zr]. The normalized spacial score (nSPS) is 0. The molecule has 4 heteroatoms. The van der Waals surface area contributed by atoms with Crippen molar-refractivity contribution >= 4 is 23.1 Å². The third kappa shape index (κ3) is 8.82. The van der Waals surface area contributed by atoms with Crippen molar-refractivity contribution in [3.8, 4) is 0 Å². The molecule has 0 aliphatic rings. The number of hydrogen-bond donors (Lipinski definition) is 0. The van der Waals surface area contributed by atoms with Crippen molar-refractivity contribution in [2.45, 2.75) is 0 Å². The molecule has 0 aromatic carbocycles. The summed E-state index contributed by atoms with van der Waals surface area (Å²) >= 11 is 0. The molecule has 0 bridgehead atoms. The molecule has 0 saturated heterocycles. The molecule has 0 nitrogen and oxygen atoms in total. The molecule has 4 heavy (non-hydrogen) atoms. The van der Waals surface area contributed by atoms with Crippen molar-refractivity contribution in [3.05, 3.63) is 0 Å². The van der Waals surface area contributed by atoms with Gasteiger partial charge in [-0.3, -0.25) is 0 Å². The second-order valence-corrected chi connectivity index (χ2v) is 0. The van der Waals surface area contributed by atoms with E-state index >= 15 is 0 Å². The summed E-state index contributed by atoms with van der Waals surface area (Å²) in [7, 11) is 0. The molecular weight excluding hydrogens is 226 g/mol. The minimum Gasteiger partial charge on any atom is -1.00 e. The van der Waals surface area contributed by atoms with Gasteiger partial charge in [-0.05, 0) is 0 Å². The smallest absolute Gasteiger partial charge is 1.00 e. The first-order valence-electron chi connectivity index (χ1n) is 0. The molecule has 0 spiro atoms. The molecule has 0 fully saturated rings. The van der Waals surface area contributed by atoms with Gasteiger partial charge in [0.1, 0.15) is 0 Å². The van der Waals surface area contributed by atoms with Gasteiger partial charge in [0.05, 0.1) is 0 Å². The molecule has 0 unspecified atom stereocenters. The Hall–Kier alpha value is 2.69. The Morgan fingerprint density at radius 2 is 1.25 bits per heavy atom. The van der Waals surface area contributed by atoms with E-state index in [4.69, 9.17) is 0 Å². The maximum absolute atomic E-state index is 0. The first-order chi connectivity index (χ1) is 0. The Labute approximate surface area is 85.0 Å². The topological polar surface area (TPSA) is 0 Å². The maximum Gasteiger partial charge on any atom is 2.00 e. The average molecular weight is 228 g/mol. The quantitative estimate of drug-likeness (QED) is 0.505. The summed E-state index contributed by atoms with van der Waals surface area (Å²) in [5, 5.41) is 0. The Bertz CT molecular complexity index is 13.5.